The van der Waals surface area contributed by atoms with Crippen molar-refractivity contribution in [1.82, 2.24) is 9.97 Å². The quantitative estimate of drug-likeness (QED) is 0.768. The van der Waals surface area contributed by atoms with Gasteiger partial charge in [0.25, 0.3) is 5.56 Å². The van der Waals surface area contributed by atoms with Crippen LogP contribution in [0.2, 0.25) is 0 Å². The number of H-pyrrole nitrogens is 1. The molecule has 120 valence electrons. The molecule has 4 nitrogen and oxygen atoms in total. The molecular weight excluding hydrogens is 308 g/mol. The molecule has 0 unspecified atom stereocenters. The molecule has 0 saturated carbocycles. The Morgan fingerprint density at radius 1 is 1.22 bits per heavy atom. The monoisotopic (exact) mass is 328 g/mol. The third-order valence-corrected chi connectivity index (χ3v) is 4.96. The summed E-state index contributed by atoms with van der Waals surface area (Å²) >= 11 is 1.59. The first-order chi connectivity index (χ1) is 11.1. The molecule has 0 aliphatic rings. The largest absolute Gasteiger partial charge is 0.377 e. The number of hydrogen-bond donors (Lipinski definition) is 1. The maximum Gasteiger partial charge on any atom is 0.260 e. The zero-order chi connectivity index (χ0) is 16.4. The molecule has 23 heavy (non-hydrogen) atoms. The third-order valence-electron chi connectivity index (χ3n) is 3.92. The van der Waals surface area contributed by atoms with Gasteiger partial charge in [-0.1, -0.05) is 31.2 Å². The van der Waals surface area contributed by atoms with Gasteiger partial charge in [0.1, 0.15) is 10.7 Å². The first kappa shape index (κ1) is 15.9. The topological polar surface area (TPSA) is 55.0 Å². The highest BCUT2D eigenvalue weighted by atomic mass is 32.1. The molecule has 0 amide bonds. The number of ether oxygens (including phenoxy) is 1. The lowest BCUT2D eigenvalue weighted by molar-refractivity contribution is 0.134. The summed E-state index contributed by atoms with van der Waals surface area (Å²) in [5.41, 5.74) is 3.08. The molecule has 0 atom stereocenters. The molecule has 2 aromatic heterocycles. The number of rotatable bonds is 5. The van der Waals surface area contributed by atoms with Crippen LogP contribution in [-0.2, 0) is 17.8 Å². The van der Waals surface area contributed by atoms with E-state index >= 15 is 0 Å². The van der Waals surface area contributed by atoms with E-state index < -0.39 is 0 Å². The molecule has 0 fully saturated rings. The number of aryl methyl sites for hydroxylation is 2. The lowest BCUT2D eigenvalue weighted by atomic mass is 10.1. The van der Waals surface area contributed by atoms with Gasteiger partial charge in [0.05, 0.1) is 12.0 Å². The number of nitrogens with zero attached hydrogens (tertiary/aromatic N) is 1. The van der Waals surface area contributed by atoms with Crippen molar-refractivity contribution in [3.8, 4) is 11.4 Å². The lowest BCUT2D eigenvalue weighted by Gasteiger charge is -2.04. The van der Waals surface area contributed by atoms with Crippen LogP contribution in [0.25, 0.3) is 21.6 Å². The summed E-state index contributed by atoms with van der Waals surface area (Å²) in [6.45, 7) is 7.39. The molecule has 1 N–H and O–H groups in total. The van der Waals surface area contributed by atoms with Crippen LogP contribution in [0.5, 0.6) is 0 Å². The zero-order valence-corrected chi connectivity index (χ0v) is 14.4. The Kier molecular flexibility index (Phi) is 4.59. The minimum Gasteiger partial charge on any atom is -0.377 e. The number of hydrogen-bond acceptors (Lipinski definition) is 4. The van der Waals surface area contributed by atoms with Gasteiger partial charge in [0, 0.05) is 17.0 Å². The van der Waals surface area contributed by atoms with Crippen molar-refractivity contribution >= 4 is 21.6 Å². The van der Waals surface area contributed by atoms with Crippen LogP contribution in [0.3, 0.4) is 0 Å². The van der Waals surface area contributed by atoms with Crippen molar-refractivity contribution in [1.29, 1.82) is 0 Å². The van der Waals surface area contributed by atoms with E-state index in [1.807, 2.05) is 38.1 Å². The number of nitrogens with one attached hydrogen (secondary N) is 1. The van der Waals surface area contributed by atoms with Crippen LogP contribution in [0.15, 0.2) is 29.1 Å². The van der Waals surface area contributed by atoms with E-state index in [1.54, 1.807) is 11.3 Å². The van der Waals surface area contributed by atoms with Crippen molar-refractivity contribution in [3.05, 3.63) is 50.6 Å². The lowest BCUT2D eigenvalue weighted by Crippen LogP contribution is -2.09. The molecule has 0 bridgehead atoms. The van der Waals surface area contributed by atoms with Crippen molar-refractivity contribution < 1.29 is 4.74 Å². The van der Waals surface area contributed by atoms with Crippen LogP contribution >= 0.6 is 11.3 Å². The van der Waals surface area contributed by atoms with Gasteiger partial charge in [-0.05, 0) is 31.4 Å². The summed E-state index contributed by atoms with van der Waals surface area (Å²) in [4.78, 5) is 22.0. The number of benzene rings is 1. The van der Waals surface area contributed by atoms with Crippen LogP contribution in [-0.4, -0.2) is 16.6 Å². The van der Waals surface area contributed by atoms with E-state index in [-0.39, 0.29) is 5.56 Å². The SMILES string of the molecule is CCOCc1ccc(-c2nc3sc(C)c(CC)c3c(=O)[nH]2)cc1. The van der Waals surface area contributed by atoms with E-state index in [2.05, 4.69) is 16.9 Å². The summed E-state index contributed by atoms with van der Waals surface area (Å²) in [6.07, 6.45) is 0.849. The van der Waals surface area contributed by atoms with Crippen molar-refractivity contribution in [2.24, 2.45) is 0 Å². The molecule has 5 heteroatoms. The Bertz CT molecular complexity index is 878. The third kappa shape index (κ3) is 3.07. The molecule has 0 aliphatic heterocycles. The van der Waals surface area contributed by atoms with Crippen molar-refractivity contribution in [3.63, 3.8) is 0 Å². The number of fused-ring (bicyclic) bond motifs is 1. The highest BCUT2D eigenvalue weighted by molar-refractivity contribution is 7.18. The molecule has 0 spiro atoms. The van der Waals surface area contributed by atoms with Gasteiger partial charge in [-0.25, -0.2) is 4.98 Å². The minimum atomic E-state index is -0.0513. The van der Waals surface area contributed by atoms with Gasteiger partial charge in [0.2, 0.25) is 0 Å². The van der Waals surface area contributed by atoms with E-state index in [1.165, 1.54) is 4.88 Å². The second kappa shape index (κ2) is 6.64. The summed E-state index contributed by atoms with van der Waals surface area (Å²) in [6, 6.07) is 7.96. The zero-order valence-electron chi connectivity index (χ0n) is 13.6. The predicted octanol–water partition coefficient (Wildman–Crippen LogP) is 4.06. The first-order valence-electron chi connectivity index (χ1n) is 7.83. The molecule has 2 heterocycles. The molecular formula is C18H20N2O2S. The van der Waals surface area contributed by atoms with Crippen molar-refractivity contribution in [2.75, 3.05) is 6.61 Å². The smallest absolute Gasteiger partial charge is 0.260 e. The first-order valence-corrected chi connectivity index (χ1v) is 8.65. The Labute approximate surface area is 139 Å². The van der Waals surface area contributed by atoms with Gasteiger partial charge in [-0.3, -0.25) is 4.79 Å². The molecule has 0 saturated heterocycles. The van der Waals surface area contributed by atoms with Gasteiger partial charge < -0.3 is 9.72 Å². The Balaban J connectivity index is 2.02. The summed E-state index contributed by atoms with van der Waals surface area (Å²) in [5, 5.41) is 0.742. The average molecular weight is 328 g/mol. The fourth-order valence-corrected chi connectivity index (χ4v) is 3.83. The fraction of sp³-hybridized carbons (Fsp3) is 0.333. The predicted molar refractivity (Wildman–Crippen MR) is 95.1 cm³/mol. The molecule has 3 aromatic rings. The van der Waals surface area contributed by atoms with E-state index in [0.717, 1.165) is 33.3 Å². The van der Waals surface area contributed by atoms with E-state index in [0.29, 0.717) is 19.0 Å². The van der Waals surface area contributed by atoms with Gasteiger partial charge in [-0.15, -0.1) is 11.3 Å². The van der Waals surface area contributed by atoms with Crippen LogP contribution < -0.4 is 5.56 Å². The van der Waals surface area contributed by atoms with Crippen LogP contribution in [0.1, 0.15) is 29.9 Å². The number of thiophene rings is 1. The highest BCUT2D eigenvalue weighted by Gasteiger charge is 2.14. The standard InChI is InChI=1S/C18H20N2O2S/c1-4-14-11(3)23-18-15(14)17(21)19-16(20-18)13-8-6-12(7-9-13)10-22-5-2/h6-9H,4-5,10H2,1-3H3,(H,19,20,21). The van der Waals surface area contributed by atoms with Gasteiger partial charge in [-0.2, -0.15) is 0 Å². The maximum atomic E-state index is 12.5. The van der Waals surface area contributed by atoms with E-state index in [9.17, 15) is 4.79 Å². The van der Waals surface area contributed by atoms with Crippen LogP contribution in [0, 0.1) is 6.92 Å². The Morgan fingerprint density at radius 2 is 1.96 bits per heavy atom. The highest BCUT2D eigenvalue weighted by Crippen LogP contribution is 2.28. The maximum absolute atomic E-state index is 12.5. The molecule has 0 aliphatic carbocycles. The second-order valence-electron chi connectivity index (χ2n) is 5.42. The summed E-state index contributed by atoms with van der Waals surface area (Å²) < 4.78 is 5.40. The molecule has 1 aromatic carbocycles. The Hall–Kier alpha value is -1.98. The van der Waals surface area contributed by atoms with Crippen molar-refractivity contribution in [2.45, 2.75) is 33.8 Å². The van der Waals surface area contributed by atoms with E-state index in [4.69, 9.17) is 4.74 Å². The number of aromatic amines is 1. The molecule has 3 rings (SSSR count). The van der Waals surface area contributed by atoms with Crippen LogP contribution in [0.4, 0.5) is 0 Å². The fourth-order valence-electron chi connectivity index (χ4n) is 2.72. The van der Waals surface area contributed by atoms with Gasteiger partial charge >= 0.3 is 0 Å². The summed E-state index contributed by atoms with van der Waals surface area (Å²) in [5.74, 6) is 0.620. The average Bonchev–Trinajstić information content (AvgIpc) is 2.89. The second-order valence-corrected chi connectivity index (χ2v) is 6.62. The number of aromatic nitrogens is 2. The Morgan fingerprint density at radius 3 is 2.61 bits per heavy atom. The summed E-state index contributed by atoms with van der Waals surface area (Å²) in [7, 11) is 0. The minimum absolute atomic E-state index is 0.0513. The normalized spacial score (nSPS) is 11.3. The van der Waals surface area contributed by atoms with Gasteiger partial charge in [0.15, 0.2) is 0 Å². The molecule has 0 radical (unpaired) electrons.